The second-order valence-electron chi connectivity index (χ2n) is 4.97. The Morgan fingerprint density at radius 3 is 2.57 bits per heavy atom. The molecule has 0 radical (unpaired) electrons. The van der Waals surface area contributed by atoms with Crippen LogP contribution in [0.15, 0.2) is 36.7 Å². The number of nitrogens with zero attached hydrogens (tertiary/aromatic N) is 4. The van der Waals surface area contributed by atoms with Crippen molar-refractivity contribution in [2.24, 2.45) is 7.05 Å². The molecule has 0 amide bonds. The first kappa shape index (κ1) is 13.7. The van der Waals surface area contributed by atoms with Crippen LogP contribution < -0.4 is 5.73 Å². The van der Waals surface area contributed by atoms with E-state index in [0.717, 1.165) is 28.5 Å². The molecule has 6 heteroatoms. The summed E-state index contributed by atoms with van der Waals surface area (Å²) in [5.74, 6) is 0.880. The van der Waals surface area contributed by atoms with Gasteiger partial charge >= 0.3 is 0 Å². The zero-order chi connectivity index (χ0) is 15.0. The molecule has 2 aromatic heterocycles. The Balaban J connectivity index is 1.98. The first-order valence-electron chi connectivity index (χ1n) is 6.61. The lowest BCUT2D eigenvalue weighted by Crippen LogP contribution is -2.06. The molecule has 0 saturated carbocycles. The molecule has 0 fully saturated rings. The number of nitrogens with two attached hydrogens (primary N) is 1. The maximum Gasteiger partial charge on any atom is 0.140 e. The standard InChI is InChI=1S/C15H16ClN5/c1-10-14(16)13(20(2)19-10)9-21-8-7-18-15(21)11-3-5-12(17)6-4-11/h3-8H,9,17H2,1-2H3. The molecule has 0 aliphatic carbocycles. The molecule has 0 bridgehead atoms. The smallest absolute Gasteiger partial charge is 0.140 e. The van der Waals surface area contributed by atoms with E-state index in [9.17, 15) is 0 Å². The van der Waals surface area contributed by atoms with E-state index < -0.39 is 0 Å². The molecule has 1 aromatic carbocycles. The van der Waals surface area contributed by atoms with Gasteiger partial charge in [0.25, 0.3) is 0 Å². The van der Waals surface area contributed by atoms with Crippen LogP contribution in [-0.2, 0) is 13.6 Å². The van der Waals surface area contributed by atoms with Gasteiger partial charge in [-0.2, -0.15) is 5.10 Å². The number of hydrogen-bond acceptors (Lipinski definition) is 3. The third kappa shape index (κ3) is 2.52. The minimum absolute atomic E-state index is 0.621. The zero-order valence-corrected chi connectivity index (χ0v) is 12.7. The van der Waals surface area contributed by atoms with E-state index in [2.05, 4.69) is 10.1 Å². The molecule has 0 aliphatic heterocycles. The number of halogens is 1. The summed E-state index contributed by atoms with van der Waals surface area (Å²) in [5.41, 5.74) is 9.28. The second kappa shape index (κ2) is 5.26. The Labute approximate surface area is 128 Å². The number of anilines is 1. The lowest BCUT2D eigenvalue weighted by molar-refractivity contribution is 0.666. The predicted molar refractivity (Wildman–Crippen MR) is 84.1 cm³/mol. The maximum atomic E-state index is 6.32. The Bertz CT molecular complexity index is 770. The van der Waals surface area contributed by atoms with E-state index in [-0.39, 0.29) is 0 Å². The monoisotopic (exact) mass is 301 g/mol. The molecule has 2 N–H and O–H groups in total. The van der Waals surface area contributed by atoms with Gasteiger partial charge in [0, 0.05) is 30.7 Å². The Kier molecular flexibility index (Phi) is 3.43. The first-order chi connectivity index (χ1) is 10.1. The number of aromatic nitrogens is 4. The van der Waals surface area contributed by atoms with E-state index in [4.69, 9.17) is 17.3 Å². The summed E-state index contributed by atoms with van der Waals surface area (Å²) in [6.45, 7) is 2.52. The van der Waals surface area contributed by atoms with Crippen molar-refractivity contribution in [1.82, 2.24) is 19.3 Å². The van der Waals surface area contributed by atoms with Gasteiger partial charge in [-0.05, 0) is 31.2 Å². The quantitative estimate of drug-likeness (QED) is 0.757. The van der Waals surface area contributed by atoms with Crippen molar-refractivity contribution in [3.63, 3.8) is 0 Å². The van der Waals surface area contributed by atoms with Crippen LogP contribution in [0, 0.1) is 6.92 Å². The molecule has 3 rings (SSSR count). The van der Waals surface area contributed by atoms with Crippen LogP contribution in [0.3, 0.4) is 0 Å². The van der Waals surface area contributed by atoms with Crippen molar-refractivity contribution in [3.8, 4) is 11.4 Å². The average molecular weight is 302 g/mol. The van der Waals surface area contributed by atoms with Crippen molar-refractivity contribution in [1.29, 1.82) is 0 Å². The summed E-state index contributed by atoms with van der Waals surface area (Å²) < 4.78 is 3.86. The lowest BCUT2D eigenvalue weighted by Gasteiger charge is -2.09. The molecule has 5 nitrogen and oxygen atoms in total. The summed E-state index contributed by atoms with van der Waals surface area (Å²) >= 11 is 6.32. The molecule has 2 heterocycles. The average Bonchev–Trinajstić information content (AvgIpc) is 3.01. The van der Waals surface area contributed by atoms with Crippen LogP contribution in [0.2, 0.25) is 5.02 Å². The highest BCUT2D eigenvalue weighted by Gasteiger charge is 2.14. The number of aryl methyl sites for hydroxylation is 2. The van der Waals surface area contributed by atoms with E-state index in [0.29, 0.717) is 11.6 Å². The van der Waals surface area contributed by atoms with Crippen molar-refractivity contribution in [2.45, 2.75) is 13.5 Å². The number of imidazole rings is 1. The number of nitrogen functional groups attached to an aromatic ring is 1. The molecule has 0 unspecified atom stereocenters. The molecule has 21 heavy (non-hydrogen) atoms. The topological polar surface area (TPSA) is 61.7 Å². The summed E-state index contributed by atoms with van der Waals surface area (Å²) in [5, 5.41) is 5.04. The third-order valence-corrected chi connectivity index (χ3v) is 3.96. The predicted octanol–water partition coefficient (Wildman–Crippen LogP) is 2.88. The van der Waals surface area contributed by atoms with Gasteiger partial charge in [-0.15, -0.1) is 0 Å². The molecule has 108 valence electrons. The Morgan fingerprint density at radius 2 is 1.95 bits per heavy atom. The van der Waals surface area contributed by atoms with E-state index in [1.165, 1.54) is 0 Å². The highest BCUT2D eigenvalue weighted by atomic mass is 35.5. The van der Waals surface area contributed by atoms with Gasteiger partial charge in [-0.3, -0.25) is 4.68 Å². The van der Waals surface area contributed by atoms with Gasteiger partial charge in [0.1, 0.15) is 5.82 Å². The van der Waals surface area contributed by atoms with Crippen LogP contribution in [0.25, 0.3) is 11.4 Å². The molecule has 0 atom stereocenters. The third-order valence-electron chi connectivity index (χ3n) is 3.47. The van der Waals surface area contributed by atoms with Crippen LogP contribution in [0.4, 0.5) is 5.69 Å². The van der Waals surface area contributed by atoms with Crippen molar-refractivity contribution in [2.75, 3.05) is 5.73 Å². The minimum Gasteiger partial charge on any atom is -0.399 e. The summed E-state index contributed by atoms with van der Waals surface area (Å²) in [6.07, 6.45) is 3.72. The number of benzene rings is 1. The summed E-state index contributed by atoms with van der Waals surface area (Å²) in [7, 11) is 1.90. The fourth-order valence-electron chi connectivity index (χ4n) is 2.34. The van der Waals surface area contributed by atoms with Crippen LogP contribution in [-0.4, -0.2) is 19.3 Å². The van der Waals surface area contributed by atoms with Gasteiger partial charge in [-0.1, -0.05) is 11.6 Å². The number of rotatable bonds is 3. The van der Waals surface area contributed by atoms with Crippen LogP contribution >= 0.6 is 11.6 Å². The van der Waals surface area contributed by atoms with Gasteiger partial charge in [-0.25, -0.2) is 4.98 Å². The Hall–Kier alpha value is -2.27. The molecular weight excluding hydrogens is 286 g/mol. The van der Waals surface area contributed by atoms with Crippen molar-refractivity contribution in [3.05, 3.63) is 53.1 Å². The first-order valence-corrected chi connectivity index (χ1v) is 6.99. The Morgan fingerprint density at radius 1 is 1.24 bits per heavy atom. The van der Waals surface area contributed by atoms with Gasteiger partial charge in [0.2, 0.25) is 0 Å². The molecule has 0 spiro atoms. The fourth-order valence-corrected chi connectivity index (χ4v) is 2.56. The van der Waals surface area contributed by atoms with Crippen molar-refractivity contribution >= 4 is 17.3 Å². The highest BCUT2D eigenvalue weighted by molar-refractivity contribution is 6.31. The van der Waals surface area contributed by atoms with Crippen LogP contribution in [0.1, 0.15) is 11.4 Å². The molecular formula is C15H16ClN5. The molecule has 0 saturated heterocycles. The maximum absolute atomic E-state index is 6.32. The van der Waals surface area contributed by atoms with Gasteiger partial charge in [0.05, 0.1) is 23.0 Å². The van der Waals surface area contributed by atoms with Crippen molar-refractivity contribution < 1.29 is 0 Å². The van der Waals surface area contributed by atoms with E-state index in [1.807, 2.05) is 53.7 Å². The van der Waals surface area contributed by atoms with E-state index in [1.54, 1.807) is 6.20 Å². The normalized spacial score (nSPS) is 11.0. The van der Waals surface area contributed by atoms with Gasteiger partial charge in [0.15, 0.2) is 0 Å². The lowest BCUT2D eigenvalue weighted by atomic mass is 10.2. The van der Waals surface area contributed by atoms with Gasteiger partial charge < -0.3 is 10.3 Å². The zero-order valence-electron chi connectivity index (χ0n) is 11.9. The van der Waals surface area contributed by atoms with E-state index >= 15 is 0 Å². The van der Waals surface area contributed by atoms with Crippen LogP contribution in [0.5, 0.6) is 0 Å². The summed E-state index contributed by atoms with van der Waals surface area (Å²) in [4.78, 5) is 4.43. The molecule has 3 aromatic rings. The molecule has 0 aliphatic rings. The summed E-state index contributed by atoms with van der Waals surface area (Å²) in [6, 6.07) is 7.67. The highest BCUT2D eigenvalue weighted by Crippen LogP contribution is 2.24. The SMILES string of the molecule is Cc1nn(C)c(Cn2ccnc2-c2ccc(N)cc2)c1Cl. The fraction of sp³-hybridized carbons (Fsp3) is 0.200. The second-order valence-corrected chi connectivity index (χ2v) is 5.35. The minimum atomic E-state index is 0.621. The number of hydrogen-bond donors (Lipinski definition) is 1. The largest absolute Gasteiger partial charge is 0.399 e.